The molecular formula is C23H16F4N4O4. The summed E-state index contributed by atoms with van der Waals surface area (Å²) in [7, 11) is 1.40. The van der Waals surface area contributed by atoms with Crippen LogP contribution in [0.25, 0.3) is 11.1 Å². The van der Waals surface area contributed by atoms with Crippen LogP contribution in [0.5, 0.6) is 0 Å². The number of hydrogen-bond donors (Lipinski definition) is 2. The first-order chi connectivity index (χ1) is 16.5. The maximum Gasteiger partial charge on any atom is 0.418 e. The zero-order valence-electron chi connectivity index (χ0n) is 18.2. The summed E-state index contributed by atoms with van der Waals surface area (Å²) in [5, 5.41) is 4.19. The molecule has 2 N–H and O–H groups in total. The fourth-order valence-electron chi connectivity index (χ4n) is 3.45. The number of nitrogens with one attached hydrogen (secondary N) is 2. The molecular weight excluding hydrogens is 472 g/mol. The average molecular weight is 488 g/mol. The molecule has 0 unspecified atom stereocenters. The van der Waals surface area contributed by atoms with Crippen molar-refractivity contribution >= 4 is 34.3 Å². The summed E-state index contributed by atoms with van der Waals surface area (Å²) in [4.78, 5) is 41.6. The van der Waals surface area contributed by atoms with E-state index in [9.17, 15) is 31.9 Å². The monoisotopic (exact) mass is 488 g/mol. The number of aryl methyl sites for hydroxylation is 2. The number of halogens is 4. The third-order valence-corrected chi connectivity index (χ3v) is 5.12. The van der Waals surface area contributed by atoms with Crippen molar-refractivity contribution in [2.24, 2.45) is 7.05 Å². The first kappa shape index (κ1) is 23.7. The maximum atomic E-state index is 13.8. The van der Waals surface area contributed by atoms with E-state index in [1.54, 1.807) is 0 Å². The van der Waals surface area contributed by atoms with Crippen molar-refractivity contribution in [1.29, 1.82) is 0 Å². The average Bonchev–Trinajstić information content (AvgIpc) is 3.13. The highest BCUT2D eigenvalue weighted by Gasteiger charge is 2.35. The van der Waals surface area contributed by atoms with Crippen LogP contribution in [-0.2, 0) is 13.2 Å². The maximum absolute atomic E-state index is 13.8. The molecule has 4 aromatic rings. The Kier molecular flexibility index (Phi) is 5.89. The van der Waals surface area contributed by atoms with Gasteiger partial charge in [0.25, 0.3) is 17.4 Å². The number of carbonyl (C=O) groups excluding carboxylic acids is 2. The molecule has 2 amide bonds. The Balaban J connectivity index is 1.69. The van der Waals surface area contributed by atoms with Crippen molar-refractivity contribution in [2.45, 2.75) is 13.1 Å². The molecule has 2 heterocycles. The quantitative estimate of drug-likeness (QED) is 0.412. The molecule has 2 aromatic carbocycles. The van der Waals surface area contributed by atoms with Crippen LogP contribution >= 0.6 is 0 Å². The van der Waals surface area contributed by atoms with Gasteiger partial charge in [-0.05, 0) is 37.3 Å². The Morgan fingerprint density at radius 2 is 1.77 bits per heavy atom. The molecule has 0 radical (unpaired) electrons. The highest BCUT2D eigenvalue weighted by Crippen LogP contribution is 2.37. The van der Waals surface area contributed by atoms with Gasteiger partial charge in [-0.1, -0.05) is 12.1 Å². The largest absolute Gasteiger partial charge is 0.442 e. The number of nitrogens with zero attached hydrogens (tertiary/aromatic N) is 2. The van der Waals surface area contributed by atoms with Gasteiger partial charge >= 0.3 is 6.18 Å². The van der Waals surface area contributed by atoms with Crippen LogP contribution in [-0.4, -0.2) is 21.4 Å². The van der Waals surface area contributed by atoms with Crippen molar-refractivity contribution in [3.63, 3.8) is 0 Å². The fraction of sp³-hybridized carbons (Fsp3) is 0.130. The number of carbonyl (C=O) groups is 2. The summed E-state index contributed by atoms with van der Waals surface area (Å²) < 4.78 is 61.6. The van der Waals surface area contributed by atoms with Gasteiger partial charge in [0.15, 0.2) is 0 Å². The van der Waals surface area contributed by atoms with Gasteiger partial charge in [0.1, 0.15) is 23.3 Å². The van der Waals surface area contributed by atoms with Crippen LogP contribution in [0, 0.1) is 12.7 Å². The fourth-order valence-corrected chi connectivity index (χ4v) is 3.45. The smallest absolute Gasteiger partial charge is 0.418 e. The molecule has 0 spiro atoms. The molecule has 2 aromatic heterocycles. The summed E-state index contributed by atoms with van der Waals surface area (Å²) >= 11 is 0. The number of benzene rings is 2. The van der Waals surface area contributed by atoms with Gasteiger partial charge < -0.3 is 19.6 Å². The van der Waals surface area contributed by atoms with Crippen LogP contribution < -0.4 is 16.2 Å². The van der Waals surface area contributed by atoms with Crippen molar-refractivity contribution in [2.75, 3.05) is 10.6 Å². The normalized spacial score (nSPS) is 11.5. The highest BCUT2D eigenvalue weighted by atomic mass is 19.4. The third kappa shape index (κ3) is 4.50. The van der Waals surface area contributed by atoms with Gasteiger partial charge in [0.05, 0.1) is 22.4 Å². The van der Waals surface area contributed by atoms with Crippen molar-refractivity contribution in [1.82, 2.24) is 9.55 Å². The van der Waals surface area contributed by atoms with E-state index >= 15 is 0 Å². The lowest BCUT2D eigenvalue weighted by atomic mass is 10.1. The highest BCUT2D eigenvalue weighted by molar-refractivity contribution is 6.13. The van der Waals surface area contributed by atoms with E-state index in [0.717, 1.165) is 22.8 Å². The van der Waals surface area contributed by atoms with Crippen molar-refractivity contribution in [3.8, 4) is 0 Å². The lowest BCUT2D eigenvalue weighted by Gasteiger charge is -2.16. The molecule has 0 saturated carbocycles. The molecule has 0 aliphatic carbocycles. The summed E-state index contributed by atoms with van der Waals surface area (Å²) in [5.41, 5.74) is -3.51. The molecule has 0 aliphatic heterocycles. The zero-order chi connectivity index (χ0) is 25.5. The zero-order valence-corrected chi connectivity index (χ0v) is 18.2. The third-order valence-electron chi connectivity index (χ3n) is 5.12. The van der Waals surface area contributed by atoms with Crippen molar-refractivity contribution in [3.05, 3.63) is 87.4 Å². The summed E-state index contributed by atoms with van der Waals surface area (Å²) in [6, 6.07) is 7.65. The van der Waals surface area contributed by atoms with E-state index in [-0.39, 0.29) is 33.7 Å². The molecule has 0 bridgehead atoms. The van der Waals surface area contributed by atoms with Crippen LogP contribution in [0.3, 0.4) is 0 Å². The SMILES string of the molecule is Cc1oc2ncn(C)c(=O)c2c1C(=O)Nc1ccc(NC(=O)c2ccccc2F)cc1C(F)(F)F. The Labute approximate surface area is 194 Å². The number of anilines is 2. The summed E-state index contributed by atoms with van der Waals surface area (Å²) in [6.07, 6.45) is -3.74. The van der Waals surface area contributed by atoms with Crippen LogP contribution in [0.2, 0.25) is 0 Å². The molecule has 4 rings (SSSR count). The van der Waals surface area contributed by atoms with E-state index in [0.29, 0.717) is 6.07 Å². The number of rotatable bonds is 4. The number of fused-ring (bicyclic) bond motifs is 1. The minimum absolute atomic E-state index is 0.00405. The second-order valence-electron chi connectivity index (χ2n) is 7.52. The van der Waals surface area contributed by atoms with Gasteiger partial charge in [-0.2, -0.15) is 13.2 Å². The van der Waals surface area contributed by atoms with Crippen molar-refractivity contribution < 1.29 is 31.6 Å². The first-order valence-electron chi connectivity index (χ1n) is 10.0. The Morgan fingerprint density at radius 3 is 2.46 bits per heavy atom. The van der Waals surface area contributed by atoms with Gasteiger partial charge in [0.2, 0.25) is 5.71 Å². The summed E-state index contributed by atoms with van der Waals surface area (Å²) in [5.74, 6) is -2.80. The number of alkyl halides is 3. The Hall–Kier alpha value is -4.48. The molecule has 35 heavy (non-hydrogen) atoms. The van der Waals surface area contributed by atoms with Gasteiger partial charge in [-0.25, -0.2) is 9.37 Å². The predicted molar refractivity (Wildman–Crippen MR) is 118 cm³/mol. The summed E-state index contributed by atoms with van der Waals surface area (Å²) in [6.45, 7) is 1.38. The van der Waals surface area contributed by atoms with Gasteiger partial charge in [-0.3, -0.25) is 14.4 Å². The van der Waals surface area contributed by atoms with Crippen LogP contribution in [0.1, 0.15) is 32.0 Å². The number of furan rings is 1. The molecule has 0 atom stereocenters. The number of aromatic nitrogens is 2. The van der Waals surface area contributed by atoms with Gasteiger partial charge in [0, 0.05) is 12.7 Å². The first-order valence-corrected chi connectivity index (χ1v) is 10.0. The molecule has 12 heteroatoms. The molecule has 0 saturated heterocycles. The Bertz CT molecular complexity index is 1540. The lowest BCUT2D eigenvalue weighted by Crippen LogP contribution is -2.22. The van der Waals surface area contributed by atoms with E-state index in [2.05, 4.69) is 15.6 Å². The second kappa shape index (κ2) is 8.70. The number of hydrogen-bond acceptors (Lipinski definition) is 5. The van der Waals surface area contributed by atoms with E-state index in [4.69, 9.17) is 4.42 Å². The molecule has 0 fully saturated rings. The van der Waals surface area contributed by atoms with E-state index < -0.39 is 40.6 Å². The molecule has 0 aliphatic rings. The minimum Gasteiger partial charge on any atom is -0.442 e. The molecule has 8 nitrogen and oxygen atoms in total. The number of amides is 2. The molecule has 180 valence electrons. The van der Waals surface area contributed by atoms with Crippen LogP contribution in [0.15, 0.2) is 58.0 Å². The van der Waals surface area contributed by atoms with Gasteiger partial charge in [-0.15, -0.1) is 0 Å². The predicted octanol–water partition coefficient (Wildman–Crippen LogP) is 4.50. The topological polar surface area (TPSA) is 106 Å². The van der Waals surface area contributed by atoms with E-state index in [1.165, 1.54) is 38.5 Å². The Morgan fingerprint density at radius 1 is 1.06 bits per heavy atom. The standard InChI is InChI=1S/C23H16F4N4O4/c1-11-17(18-21(35-11)28-10-31(2)22(18)34)20(33)30-16-8-7-12(9-14(16)23(25,26)27)29-19(32)13-5-3-4-6-15(13)24/h3-10H,1-2H3,(H,29,32)(H,30,33). The minimum atomic E-state index is -4.92. The second-order valence-corrected chi connectivity index (χ2v) is 7.52. The van der Waals surface area contributed by atoms with E-state index in [1.807, 2.05) is 0 Å². The lowest BCUT2D eigenvalue weighted by molar-refractivity contribution is -0.136. The van der Waals surface area contributed by atoms with Crippen LogP contribution in [0.4, 0.5) is 28.9 Å².